The summed E-state index contributed by atoms with van der Waals surface area (Å²) in [7, 11) is 0. The summed E-state index contributed by atoms with van der Waals surface area (Å²) in [5, 5.41) is 25.6. The smallest absolute Gasteiger partial charge is 0.162 e. The van der Waals surface area contributed by atoms with Crippen molar-refractivity contribution in [1.82, 2.24) is 20.4 Å². The second kappa shape index (κ2) is 9.02. The molecule has 1 N–H and O–H groups in total. The van der Waals surface area contributed by atoms with Gasteiger partial charge in [-0.2, -0.15) is 0 Å². The summed E-state index contributed by atoms with van der Waals surface area (Å²) in [6, 6.07) is 6.33. The van der Waals surface area contributed by atoms with E-state index < -0.39 is 6.10 Å². The molecule has 5 rings (SSSR count). The van der Waals surface area contributed by atoms with Gasteiger partial charge in [0.1, 0.15) is 16.6 Å². The van der Waals surface area contributed by atoms with Crippen LogP contribution in [-0.4, -0.2) is 64.9 Å². The van der Waals surface area contributed by atoms with E-state index in [4.69, 9.17) is 4.74 Å². The minimum Gasteiger partial charge on any atom is -0.386 e. The highest BCUT2D eigenvalue weighted by atomic mass is 32.1. The van der Waals surface area contributed by atoms with E-state index in [1.807, 2.05) is 6.20 Å². The number of benzene rings is 1. The van der Waals surface area contributed by atoms with E-state index in [0.717, 1.165) is 86.1 Å². The molecule has 4 heterocycles. The van der Waals surface area contributed by atoms with Crippen molar-refractivity contribution < 1.29 is 9.84 Å². The predicted molar refractivity (Wildman–Crippen MR) is 122 cm³/mol. The molecule has 2 fully saturated rings. The summed E-state index contributed by atoms with van der Waals surface area (Å²) < 4.78 is 5.47. The van der Waals surface area contributed by atoms with Crippen molar-refractivity contribution in [3.8, 4) is 0 Å². The monoisotopic (exact) mass is 440 g/mol. The fourth-order valence-electron chi connectivity index (χ4n) is 4.49. The van der Waals surface area contributed by atoms with Gasteiger partial charge in [0.05, 0.1) is 13.2 Å². The van der Waals surface area contributed by atoms with Crippen LogP contribution < -0.4 is 9.80 Å². The molecule has 2 aliphatic rings. The number of aliphatic hydroxyl groups excluding tert-OH is 1. The van der Waals surface area contributed by atoms with E-state index in [1.165, 1.54) is 4.88 Å². The number of fused-ring (bicyclic) bond motifs is 1. The van der Waals surface area contributed by atoms with Crippen LogP contribution >= 0.6 is 11.3 Å². The first kappa shape index (κ1) is 20.5. The standard InChI is InChI=1S/C22H28N6O2S/c1-2-17-13-23-22(31-17)20(29)15-4-3-7-28(14-15)21-18-6-5-16(12-19(18)24-26-25-21)27-8-10-30-11-9-27/h5-6,12-13,15,20,29H,2-4,7-11,14H2,1H3/t15-,20-/m0/s1. The van der Waals surface area contributed by atoms with E-state index in [1.54, 1.807) is 11.3 Å². The van der Waals surface area contributed by atoms with Gasteiger partial charge in [-0.25, -0.2) is 4.98 Å². The van der Waals surface area contributed by atoms with Gasteiger partial charge in [0.2, 0.25) is 0 Å². The molecule has 164 valence electrons. The quantitative estimate of drug-likeness (QED) is 0.648. The highest BCUT2D eigenvalue weighted by molar-refractivity contribution is 7.11. The average Bonchev–Trinajstić information content (AvgIpc) is 3.33. The molecule has 9 heteroatoms. The number of nitrogens with zero attached hydrogens (tertiary/aromatic N) is 6. The Bertz CT molecular complexity index is 1040. The number of rotatable bonds is 5. The molecule has 2 saturated heterocycles. The summed E-state index contributed by atoms with van der Waals surface area (Å²) in [5.74, 6) is 0.978. The molecule has 31 heavy (non-hydrogen) atoms. The minimum atomic E-state index is -0.540. The highest BCUT2D eigenvalue weighted by Crippen LogP contribution is 2.35. The molecule has 0 spiro atoms. The zero-order chi connectivity index (χ0) is 21.2. The third kappa shape index (κ3) is 4.22. The lowest BCUT2D eigenvalue weighted by Crippen LogP contribution is -2.38. The Labute approximate surface area is 185 Å². The molecule has 0 radical (unpaired) electrons. The highest BCUT2D eigenvalue weighted by Gasteiger charge is 2.30. The van der Waals surface area contributed by atoms with Gasteiger partial charge in [-0.15, -0.1) is 21.5 Å². The molecule has 1 aromatic carbocycles. The molecule has 8 nitrogen and oxygen atoms in total. The van der Waals surface area contributed by atoms with Gasteiger partial charge < -0.3 is 19.6 Å². The van der Waals surface area contributed by atoms with Crippen LogP contribution in [0.25, 0.3) is 10.9 Å². The zero-order valence-electron chi connectivity index (χ0n) is 17.8. The van der Waals surface area contributed by atoms with E-state index in [9.17, 15) is 5.11 Å². The van der Waals surface area contributed by atoms with Gasteiger partial charge >= 0.3 is 0 Å². The lowest BCUT2D eigenvalue weighted by atomic mass is 9.92. The number of piperidine rings is 1. The molecule has 2 atom stereocenters. The minimum absolute atomic E-state index is 0.127. The summed E-state index contributed by atoms with van der Waals surface area (Å²) in [6.07, 6.45) is 4.29. The zero-order valence-corrected chi connectivity index (χ0v) is 18.6. The van der Waals surface area contributed by atoms with Crippen LogP contribution in [0.4, 0.5) is 11.5 Å². The molecular formula is C22H28N6O2S. The molecule has 0 bridgehead atoms. The summed E-state index contributed by atoms with van der Waals surface area (Å²) >= 11 is 1.62. The third-order valence-electron chi connectivity index (χ3n) is 6.27. The number of hydrogen-bond donors (Lipinski definition) is 1. The van der Waals surface area contributed by atoms with Gasteiger partial charge in [0.25, 0.3) is 0 Å². The molecule has 3 aromatic rings. The Morgan fingerprint density at radius 3 is 2.87 bits per heavy atom. The number of aryl methyl sites for hydroxylation is 1. The molecule has 0 aliphatic carbocycles. The maximum absolute atomic E-state index is 11.0. The van der Waals surface area contributed by atoms with Crippen molar-refractivity contribution in [1.29, 1.82) is 0 Å². The van der Waals surface area contributed by atoms with Crippen molar-refractivity contribution in [2.24, 2.45) is 5.92 Å². The first-order valence-electron chi connectivity index (χ1n) is 11.1. The van der Waals surface area contributed by atoms with Gasteiger partial charge in [0, 0.05) is 54.2 Å². The average molecular weight is 441 g/mol. The van der Waals surface area contributed by atoms with E-state index in [2.05, 4.69) is 55.3 Å². The Kier molecular flexibility index (Phi) is 5.97. The Morgan fingerprint density at radius 2 is 2.06 bits per heavy atom. The number of thiazole rings is 1. The Morgan fingerprint density at radius 1 is 1.19 bits per heavy atom. The largest absolute Gasteiger partial charge is 0.386 e. The number of aliphatic hydroxyl groups is 1. The van der Waals surface area contributed by atoms with E-state index in [0.29, 0.717) is 0 Å². The topological polar surface area (TPSA) is 87.5 Å². The third-order valence-corrected chi connectivity index (χ3v) is 7.48. The van der Waals surface area contributed by atoms with Gasteiger partial charge in [-0.3, -0.25) is 0 Å². The van der Waals surface area contributed by atoms with Crippen molar-refractivity contribution in [2.45, 2.75) is 32.3 Å². The molecule has 0 saturated carbocycles. The SMILES string of the molecule is CCc1cnc([C@@H](O)[C@H]2CCCN(c3nnnc4cc(N5CCOCC5)ccc34)C2)s1. The normalized spacial score (nSPS) is 20.9. The fourth-order valence-corrected chi connectivity index (χ4v) is 5.43. The van der Waals surface area contributed by atoms with Crippen LogP contribution in [0.3, 0.4) is 0 Å². The molecule has 0 amide bonds. The van der Waals surface area contributed by atoms with E-state index >= 15 is 0 Å². The summed E-state index contributed by atoms with van der Waals surface area (Å²) in [6.45, 7) is 7.03. The molecule has 0 unspecified atom stereocenters. The van der Waals surface area contributed by atoms with Crippen LogP contribution in [0.1, 0.15) is 35.8 Å². The maximum atomic E-state index is 11.0. The molecule has 2 aromatic heterocycles. The van der Waals surface area contributed by atoms with E-state index in [-0.39, 0.29) is 5.92 Å². The lowest BCUT2D eigenvalue weighted by Gasteiger charge is -2.35. The van der Waals surface area contributed by atoms with Gasteiger partial charge in [-0.1, -0.05) is 6.92 Å². The maximum Gasteiger partial charge on any atom is 0.162 e. The number of hydrogen-bond acceptors (Lipinski definition) is 9. The van der Waals surface area contributed by atoms with Crippen molar-refractivity contribution >= 4 is 33.7 Å². The first-order valence-corrected chi connectivity index (χ1v) is 11.9. The Balaban J connectivity index is 1.38. The van der Waals surface area contributed by atoms with Crippen LogP contribution in [0.5, 0.6) is 0 Å². The number of anilines is 2. The number of aromatic nitrogens is 4. The van der Waals surface area contributed by atoms with Crippen molar-refractivity contribution in [3.63, 3.8) is 0 Å². The molecular weight excluding hydrogens is 412 g/mol. The van der Waals surface area contributed by atoms with Crippen molar-refractivity contribution in [3.05, 3.63) is 34.3 Å². The van der Waals surface area contributed by atoms with Crippen molar-refractivity contribution in [2.75, 3.05) is 49.2 Å². The molecule has 2 aliphatic heterocycles. The number of ether oxygens (including phenoxy) is 1. The second-order valence-electron chi connectivity index (χ2n) is 8.23. The predicted octanol–water partition coefficient (Wildman–Crippen LogP) is 2.83. The lowest BCUT2D eigenvalue weighted by molar-refractivity contribution is 0.0977. The van der Waals surface area contributed by atoms with Gasteiger partial charge in [-0.05, 0) is 42.7 Å². The van der Waals surface area contributed by atoms with Gasteiger partial charge in [0.15, 0.2) is 5.82 Å². The second-order valence-corrected chi connectivity index (χ2v) is 9.37. The van der Waals surface area contributed by atoms with Crippen LogP contribution in [0.2, 0.25) is 0 Å². The fraction of sp³-hybridized carbons (Fsp3) is 0.545. The Hall–Kier alpha value is -2.36. The summed E-state index contributed by atoms with van der Waals surface area (Å²) in [5.41, 5.74) is 1.99. The first-order chi connectivity index (χ1) is 15.2. The summed E-state index contributed by atoms with van der Waals surface area (Å²) in [4.78, 5) is 10.2. The van der Waals surface area contributed by atoms with Crippen LogP contribution in [0, 0.1) is 5.92 Å². The van der Waals surface area contributed by atoms with Crippen LogP contribution in [-0.2, 0) is 11.2 Å². The number of morpholine rings is 1. The van der Waals surface area contributed by atoms with Crippen LogP contribution in [0.15, 0.2) is 24.4 Å².